The van der Waals surface area contributed by atoms with Crippen LogP contribution in [0.4, 0.5) is 0 Å². The van der Waals surface area contributed by atoms with Crippen molar-refractivity contribution in [2.45, 2.75) is 18.4 Å². The monoisotopic (exact) mass is 225 g/mol. The minimum Gasteiger partial charge on any atom is -0.324 e. The molecule has 0 bridgehead atoms. The van der Waals surface area contributed by atoms with Crippen LogP contribution in [0.25, 0.3) is 0 Å². The number of sulfone groups is 1. The molecule has 15 heavy (non-hydrogen) atoms. The van der Waals surface area contributed by atoms with Crippen molar-refractivity contribution in [3.8, 4) is 0 Å². The summed E-state index contributed by atoms with van der Waals surface area (Å²) in [7, 11) is -2.90. The molecule has 1 atom stereocenters. The highest BCUT2D eigenvalue weighted by molar-refractivity contribution is 7.91. The van der Waals surface area contributed by atoms with Crippen molar-refractivity contribution in [2.24, 2.45) is 5.73 Å². The molecule has 4 heteroatoms. The Morgan fingerprint density at radius 2 is 1.93 bits per heavy atom. The first-order valence-electron chi connectivity index (χ1n) is 5.02. The van der Waals surface area contributed by atoms with Gasteiger partial charge in [0.05, 0.1) is 11.5 Å². The van der Waals surface area contributed by atoms with E-state index in [9.17, 15) is 8.42 Å². The summed E-state index contributed by atoms with van der Waals surface area (Å²) >= 11 is 0. The second-order valence-electron chi connectivity index (χ2n) is 4.37. The summed E-state index contributed by atoms with van der Waals surface area (Å²) < 4.78 is 22.7. The number of rotatable bonds is 2. The third-order valence-corrected chi connectivity index (χ3v) is 4.66. The lowest BCUT2D eigenvalue weighted by atomic mass is 9.91. The van der Waals surface area contributed by atoms with Crippen LogP contribution in [0.15, 0.2) is 30.3 Å². The van der Waals surface area contributed by atoms with Gasteiger partial charge in [-0.05, 0) is 18.4 Å². The van der Waals surface area contributed by atoms with Gasteiger partial charge in [0.2, 0.25) is 0 Å². The lowest BCUT2D eigenvalue weighted by Gasteiger charge is -2.21. The van der Waals surface area contributed by atoms with E-state index in [0.717, 1.165) is 5.56 Å². The fourth-order valence-electron chi connectivity index (χ4n) is 2.08. The molecule has 1 fully saturated rings. The van der Waals surface area contributed by atoms with Gasteiger partial charge in [0.1, 0.15) is 0 Å². The lowest BCUT2D eigenvalue weighted by Crippen LogP contribution is -2.43. The van der Waals surface area contributed by atoms with Crippen molar-refractivity contribution in [1.82, 2.24) is 0 Å². The Bertz CT molecular complexity index is 441. The lowest BCUT2D eigenvalue weighted by molar-refractivity contribution is 0.476. The molecule has 0 radical (unpaired) electrons. The molecular weight excluding hydrogens is 210 g/mol. The molecule has 0 amide bonds. The maximum absolute atomic E-state index is 11.4. The SMILES string of the molecule is NC1(Cc2ccccc2)CCS(=O)(=O)C1. The van der Waals surface area contributed by atoms with Crippen LogP contribution in [-0.2, 0) is 16.3 Å². The highest BCUT2D eigenvalue weighted by atomic mass is 32.2. The molecule has 0 aliphatic carbocycles. The Kier molecular flexibility index (Phi) is 2.56. The minimum atomic E-state index is -2.90. The van der Waals surface area contributed by atoms with Gasteiger partial charge in [-0.15, -0.1) is 0 Å². The molecule has 1 aromatic carbocycles. The van der Waals surface area contributed by atoms with Gasteiger partial charge in [0.25, 0.3) is 0 Å². The maximum Gasteiger partial charge on any atom is 0.152 e. The Labute approximate surface area is 90.2 Å². The highest BCUT2D eigenvalue weighted by Gasteiger charge is 2.38. The van der Waals surface area contributed by atoms with Crippen LogP contribution < -0.4 is 5.73 Å². The summed E-state index contributed by atoms with van der Waals surface area (Å²) in [6, 6.07) is 9.81. The van der Waals surface area contributed by atoms with Gasteiger partial charge in [0, 0.05) is 5.54 Å². The first kappa shape index (κ1) is 10.6. The van der Waals surface area contributed by atoms with Gasteiger partial charge in [0.15, 0.2) is 9.84 Å². The summed E-state index contributed by atoms with van der Waals surface area (Å²) in [5.74, 6) is 0.352. The molecule has 0 aromatic heterocycles. The second kappa shape index (κ2) is 3.61. The van der Waals surface area contributed by atoms with E-state index in [1.165, 1.54) is 0 Å². The first-order chi connectivity index (χ1) is 6.99. The first-order valence-corrected chi connectivity index (χ1v) is 6.85. The van der Waals surface area contributed by atoms with Crippen molar-refractivity contribution in [3.63, 3.8) is 0 Å². The number of hydrogen-bond donors (Lipinski definition) is 1. The van der Waals surface area contributed by atoms with E-state index in [2.05, 4.69) is 0 Å². The van der Waals surface area contributed by atoms with E-state index in [1.807, 2.05) is 30.3 Å². The van der Waals surface area contributed by atoms with Gasteiger partial charge in [-0.25, -0.2) is 8.42 Å². The topological polar surface area (TPSA) is 60.2 Å². The van der Waals surface area contributed by atoms with Crippen LogP contribution in [0.3, 0.4) is 0 Å². The Morgan fingerprint density at radius 3 is 2.47 bits per heavy atom. The summed E-state index contributed by atoms with van der Waals surface area (Å²) in [5.41, 5.74) is 6.64. The Morgan fingerprint density at radius 1 is 1.27 bits per heavy atom. The number of benzene rings is 1. The van der Waals surface area contributed by atoms with Crippen molar-refractivity contribution >= 4 is 9.84 Å². The molecule has 1 unspecified atom stereocenters. The van der Waals surface area contributed by atoms with Gasteiger partial charge in [-0.2, -0.15) is 0 Å². The molecule has 0 saturated carbocycles. The molecule has 1 aromatic rings. The highest BCUT2D eigenvalue weighted by Crippen LogP contribution is 2.24. The minimum absolute atomic E-state index is 0.120. The predicted octanol–water partition coefficient (Wildman–Crippen LogP) is 0.745. The quantitative estimate of drug-likeness (QED) is 0.807. The Hall–Kier alpha value is -0.870. The molecule has 3 nitrogen and oxygen atoms in total. The Balaban J connectivity index is 2.14. The molecule has 2 N–H and O–H groups in total. The van der Waals surface area contributed by atoms with E-state index in [0.29, 0.717) is 12.8 Å². The van der Waals surface area contributed by atoms with Crippen LogP contribution in [0.1, 0.15) is 12.0 Å². The van der Waals surface area contributed by atoms with E-state index in [-0.39, 0.29) is 11.5 Å². The van der Waals surface area contributed by atoms with Crippen LogP contribution in [0.5, 0.6) is 0 Å². The van der Waals surface area contributed by atoms with E-state index in [1.54, 1.807) is 0 Å². The summed E-state index contributed by atoms with van der Waals surface area (Å²) in [6.07, 6.45) is 1.22. The van der Waals surface area contributed by atoms with E-state index >= 15 is 0 Å². The normalized spacial score (nSPS) is 29.1. The fourth-order valence-corrected chi connectivity index (χ4v) is 4.07. The molecule has 1 aliphatic heterocycles. The molecule has 0 spiro atoms. The average molecular weight is 225 g/mol. The standard InChI is InChI=1S/C11H15NO2S/c12-11(6-7-15(13,14)9-11)8-10-4-2-1-3-5-10/h1-5H,6-9,12H2. The summed E-state index contributed by atoms with van der Waals surface area (Å²) in [6.45, 7) is 0. The van der Waals surface area contributed by atoms with Crippen LogP contribution >= 0.6 is 0 Å². The molecule has 1 heterocycles. The zero-order valence-electron chi connectivity index (χ0n) is 8.52. The molecule has 1 saturated heterocycles. The van der Waals surface area contributed by atoms with Crippen LogP contribution in [-0.4, -0.2) is 25.5 Å². The third-order valence-electron chi connectivity index (χ3n) is 2.82. The van der Waals surface area contributed by atoms with Gasteiger partial charge >= 0.3 is 0 Å². The van der Waals surface area contributed by atoms with Gasteiger partial charge < -0.3 is 5.73 Å². The maximum atomic E-state index is 11.4. The zero-order valence-corrected chi connectivity index (χ0v) is 9.33. The predicted molar refractivity (Wildman–Crippen MR) is 60.3 cm³/mol. The number of nitrogens with two attached hydrogens (primary N) is 1. The third kappa shape index (κ3) is 2.58. The molecule has 1 aliphatic rings. The van der Waals surface area contributed by atoms with Crippen molar-refractivity contribution in [1.29, 1.82) is 0 Å². The number of hydrogen-bond acceptors (Lipinski definition) is 3. The molecule has 82 valence electrons. The van der Waals surface area contributed by atoms with E-state index < -0.39 is 15.4 Å². The van der Waals surface area contributed by atoms with E-state index in [4.69, 9.17) is 5.73 Å². The largest absolute Gasteiger partial charge is 0.324 e. The fraction of sp³-hybridized carbons (Fsp3) is 0.455. The van der Waals surface area contributed by atoms with Crippen molar-refractivity contribution in [3.05, 3.63) is 35.9 Å². The molecule has 2 rings (SSSR count). The summed E-state index contributed by atoms with van der Waals surface area (Å²) in [4.78, 5) is 0. The van der Waals surface area contributed by atoms with Gasteiger partial charge in [-0.1, -0.05) is 30.3 Å². The average Bonchev–Trinajstić information content (AvgIpc) is 2.42. The second-order valence-corrected chi connectivity index (χ2v) is 6.55. The zero-order chi connectivity index (χ0) is 10.9. The van der Waals surface area contributed by atoms with Crippen LogP contribution in [0, 0.1) is 0 Å². The van der Waals surface area contributed by atoms with Crippen molar-refractivity contribution < 1.29 is 8.42 Å². The van der Waals surface area contributed by atoms with Gasteiger partial charge in [-0.3, -0.25) is 0 Å². The molecular formula is C11H15NO2S. The van der Waals surface area contributed by atoms with Crippen LogP contribution in [0.2, 0.25) is 0 Å². The van der Waals surface area contributed by atoms with Crippen molar-refractivity contribution in [2.75, 3.05) is 11.5 Å². The summed E-state index contributed by atoms with van der Waals surface area (Å²) in [5, 5.41) is 0. The smallest absolute Gasteiger partial charge is 0.152 e.